The molecule has 1 unspecified atom stereocenters. The van der Waals surface area contributed by atoms with Crippen LogP contribution in [0.1, 0.15) is 53.2 Å². The molecule has 0 bridgehead atoms. The third-order valence-electron chi connectivity index (χ3n) is 6.25. The van der Waals surface area contributed by atoms with E-state index in [1.165, 1.54) is 21.6 Å². The average Bonchev–Trinajstić information content (AvgIpc) is 3.38. The van der Waals surface area contributed by atoms with E-state index in [1.54, 1.807) is 11.3 Å². The summed E-state index contributed by atoms with van der Waals surface area (Å²) in [5, 5.41) is 11.6. The molecule has 28 heavy (non-hydrogen) atoms. The highest BCUT2D eigenvalue weighted by molar-refractivity contribution is 7.09. The molecule has 4 nitrogen and oxygen atoms in total. The smallest absolute Gasteiger partial charge is 0.0810 e. The van der Waals surface area contributed by atoms with Crippen molar-refractivity contribution in [1.82, 2.24) is 0 Å². The summed E-state index contributed by atoms with van der Waals surface area (Å²) in [5.74, 6) is 0.483. The largest absolute Gasteiger partial charge is 0.394 e. The SMILES string of the molecule is N[C@]1(CO)CC[C@H](c2ccc3c(c2)CCC(OCCOCc2cccs2)C3)C1. The normalized spacial score (nSPS) is 27.1. The lowest BCUT2D eigenvalue weighted by Gasteiger charge is -2.26. The van der Waals surface area contributed by atoms with E-state index in [4.69, 9.17) is 15.2 Å². The Kier molecular flexibility index (Phi) is 6.48. The average molecular weight is 402 g/mol. The highest BCUT2D eigenvalue weighted by atomic mass is 32.1. The number of rotatable bonds is 8. The van der Waals surface area contributed by atoms with Gasteiger partial charge in [-0.05, 0) is 72.6 Å². The van der Waals surface area contributed by atoms with Crippen molar-refractivity contribution in [3.63, 3.8) is 0 Å². The Bertz CT molecular complexity index is 763. The third-order valence-corrected chi connectivity index (χ3v) is 7.10. The number of nitrogens with two attached hydrogens (primary N) is 1. The van der Waals surface area contributed by atoms with Gasteiger partial charge in [-0.2, -0.15) is 0 Å². The van der Waals surface area contributed by atoms with E-state index < -0.39 is 0 Å². The fourth-order valence-corrected chi connectivity index (χ4v) is 5.20. The molecular formula is C23H31NO3S. The number of hydrogen-bond acceptors (Lipinski definition) is 5. The van der Waals surface area contributed by atoms with Crippen LogP contribution >= 0.6 is 11.3 Å². The molecule has 1 fully saturated rings. The molecule has 0 aliphatic heterocycles. The number of ether oxygens (including phenoxy) is 2. The minimum atomic E-state index is -0.384. The summed E-state index contributed by atoms with van der Waals surface area (Å²) < 4.78 is 11.8. The van der Waals surface area contributed by atoms with Gasteiger partial charge >= 0.3 is 0 Å². The van der Waals surface area contributed by atoms with E-state index in [1.807, 2.05) is 0 Å². The summed E-state index contributed by atoms with van der Waals surface area (Å²) in [5.41, 5.74) is 10.1. The molecule has 5 heteroatoms. The predicted molar refractivity (Wildman–Crippen MR) is 113 cm³/mol. The minimum Gasteiger partial charge on any atom is -0.394 e. The van der Waals surface area contributed by atoms with E-state index in [2.05, 4.69) is 35.7 Å². The number of aliphatic hydroxyl groups is 1. The van der Waals surface area contributed by atoms with Crippen LogP contribution in [0.5, 0.6) is 0 Å². The molecule has 0 spiro atoms. The molecule has 0 radical (unpaired) electrons. The van der Waals surface area contributed by atoms with Gasteiger partial charge in [-0.15, -0.1) is 11.3 Å². The van der Waals surface area contributed by atoms with Crippen LogP contribution in [0, 0.1) is 0 Å². The van der Waals surface area contributed by atoms with Gasteiger partial charge in [-0.3, -0.25) is 0 Å². The lowest BCUT2D eigenvalue weighted by atomic mass is 9.85. The van der Waals surface area contributed by atoms with Crippen molar-refractivity contribution < 1.29 is 14.6 Å². The van der Waals surface area contributed by atoms with Gasteiger partial charge in [0, 0.05) is 10.4 Å². The lowest BCUT2D eigenvalue weighted by molar-refractivity contribution is -0.00412. The Labute approximate surface area is 171 Å². The monoisotopic (exact) mass is 401 g/mol. The molecule has 0 saturated heterocycles. The maximum Gasteiger partial charge on any atom is 0.0810 e. The maximum atomic E-state index is 9.52. The van der Waals surface area contributed by atoms with Crippen LogP contribution in [-0.4, -0.2) is 36.6 Å². The van der Waals surface area contributed by atoms with Crippen LogP contribution < -0.4 is 5.73 Å². The highest BCUT2D eigenvalue weighted by Crippen LogP contribution is 2.40. The molecule has 1 heterocycles. The van der Waals surface area contributed by atoms with Crippen molar-refractivity contribution in [2.75, 3.05) is 19.8 Å². The Morgan fingerprint density at radius 1 is 1.18 bits per heavy atom. The fraction of sp³-hybridized carbons (Fsp3) is 0.565. The zero-order valence-corrected chi connectivity index (χ0v) is 17.3. The van der Waals surface area contributed by atoms with Crippen LogP contribution in [0.15, 0.2) is 35.7 Å². The first-order chi connectivity index (χ1) is 13.6. The van der Waals surface area contributed by atoms with Gasteiger partial charge in [-0.1, -0.05) is 24.3 Å². The van der Waals surface area contributed by atoms with Crippen LogP contribution in [-0.2, 0) is 28.9 Å². The quantitative estimate of drug-likeness (QED) is 0.661. The van der Waals surface area contributed by atoms with Crippen molar-refractivity contribution in [3.8, 4) is 0 Å². The summed E-state index contributed by atoms with van der Waals surface area (Å²) >= 11 is 1.73. The number of hydrogen-bond donors (Lipinski definition) is 2. The molecule has 2 aliphatic carbocycles. The van der Waals surface area contributed by atoms with Crippen LogP contribution in [0.3, 0.4) is 0 Å². The van der Waals surface area contributed by atoms with E-state index in [-0.39, 0.29) is 12.1 Å². The van der Waals surface area contributed by atoms with Gasteiger partial charge in [0.1, 0.15) is 0 Å². The van der Waals surface area contributed by atoms with Gasteiger partial charge in [-0.25, -0.2) is 0 Å². The van der Waals surface area contributed by atoms with Crippen LogP contribution in [0.25, 0.3) is 0 Å². The molecule has 152 valence electrons. The van der Waals surface area contributed by atoms with Crippen molar-refractivity contribution in [2.24, 2.45) is 5.73 Å². The standard InChI is InChI=1S/C23H31NO3S/c24-23(16-25)8-7-20(14-23)18-3-4-19-13-21(6-5-17(19)12-18)27-10-9-26-15-22-2-1-11-28-22/h1-4,11-12,20-21,25H,5-10,13-16,24H2/t20-,21?,23+/m0/s1. The zero-order valence-electron chi connectivity index (χ0n) is 16.4. The molecule has 3 atom stereocenters. The van der Waals surface area contributed by atoms with Crippen LogP contribution in [0.4, 0.5) is 0 Å². The molecule has 1 aromatic carbocycles. The Morgan fingerprint density at radius 2 is 2.11 bits per heavy atom. The molecule has 0 amide bonds. The number of thiophene rings is 1. The molecular weight excluding hydrogens is 370 g/mol. The molecule has 1 saturated carbocycles. The van der Waals surface area contributed by atoms with E-state index >= 15 is 0 Å². The van der Waals surface area contributed by atoms with Gasteiger partial charge in [0.15, 0.2) is 0 Å². The van der Waals surface area contributed by atoms with Crippen LogP contribution in [0.2, 0.25) is 0 Å². The van der Waals surface area contributed by atoms with E-state index in [0.717, 1.165) is 38.5 Å². The van der Waals surface area contributed by atoms with Crippen molar-refractivity contribution in [3.05, 3.63) is 57.3 Å². The first-order valence-electron chi connectivity index (χ1n) is 10.4. The molecule has 3 N–H and O–H groups in total. The maximum absolute atomic E-state index is 9.52. The van der Waals surface area contributed by atoms with E-state index in [9.17, 15) is 5.11 Å². The number of benzene rings is 1. The summed E-state index contributed by atoms with van der Waals surface area (Å²) in [7, 11) is 0. The number of aliphatic hydroxyl groups excluding tert-OH is 1. The predicted octanol–water partition coefficient (Wildman–Crippen LogP) is 3.80. The second kappa shape index (κ2) is 9.06. The Morgan fingerprint density at radius 3 is 2.89 bits per heavy atom. The van der Waals surface area contributed by atoms with Crippen molar-refractivity contribution in [1.29, 1.82) is 0 Å². The first kappa shape index (κ1) is 20.0. The summed E-state index contributed by atoms with van der Waals surface area (Å²) in [4.78, 5) is 1.26. The topological polar surface area (TPSA) is 64.7 Å². The van der Waals surface area contributed by atoms with Gasteiger partial charge in [0.2, 0.25) is 0 Å². The number of aryl methyl sites for hydroxylation is 1. The van der Waals surface area contributed by atoms with E-state index in [0.29, 0.717) is 31.8 Å². The summed E-state index contributed by atoms with van der Waals surface area (Å²) in [6.07, 6.45) is 6.31. The molecule has 4 rings (SSSR count). The Balaban J connectivity index is 1.24. The van der Waals surface area contributed by atoms with Gasteiger partial charge < -0.3 is 20.3 Å². The minimum absolute atomic E-state index is 0.0878. The Hall–Kier alpha value is -1.24. The zero-order chi connectivity index (χ0) is 19.4. The molecule has 2 aromatic rings. The van der Waals surface area contributed by atoms with Crippen molar-refractivity contribution in [2.45, 2.75) is 62.7 Å². The second-order valence-corrected chi connectivity index (χ2v) is 9.39. The first-order valence-corrected chi connectivity index (χ1v) is 11.3. The molecule has 1 aromatic heterocycles. The van der Waals surface area contributed by atoms with Gasteiger partial charge in [0.05, 0.1) is 32.5 Å². The van der Waals surface area contributed by atoms with Gasteiger partial charge in [0.25, 0.3) is 0 Å². The molecule has 2 aliphatic rings. The fourth-order valence-electron chi connectivity index (χ4n) is 4.56. The second-order valence-electron chi connectivity index (χ2n) is 8.36. The highest BCUT2D eigenvalue weighted by Gasteiger charge is 2.36. The lowest BCUT2D eigenvalue weighted by Crippen LogP contribution is -2.40. The van der Waals surface area contributed by atoms with Crippen molar-refractivity contribution >= 4 is 11.3 Å². The summed E-state index contributed by atoms with van der Waals surface area (Å²) in [6.45, 7) is 2.07. The number of fused-ring (bicyclic) bond motifs is 1. The third kappa shape index (κ3) is 4.84. The summed E-state index contributed by atoms with van der Waals surface area (Å²) in [6, 6.07) is 11.1.